The van der Waals surface area contributed by atoms with Crippen LogP contribution in [0.5, 0.6) is 0 Å². The molecular weight excluding hydrogens is 388 g/mol. The smallest absolute Gasteiger partial charge is 0.407 e. The molecule has 1 fully saturated rings. The Balaban J connectivity index is 1.66. The van der Waals surface area contributed by atoms with Crippen molar-refractivity contribution in [3.63, 3.8) is 0 Å². The topological polar surface area (TPSA) is 107 Å². The Hall–Kier alpha value is -3.10. The number of hydrogen-bond donors (Lipinski definition) is 1. The van der Waals surface area contributed by atoms with Gasteiger partial charge in [-0.15, -0.1) is 0 Å². The molecule has 30 heavy (non-hydrogen) atoms. The van der Waals surface area contributed by atoms with Gasteiger partial charge in [0.15, 0.2) is 0 Å². The summed E-state index contributed by atoms with van der Waals surface area (Å²) in [6, 6.07) is 6.30. The van der Waals surface area contributed by atoms with Gasteiger partial charge in [-0.1, -0.05) is 0 Å². The second-order valence-corrected chi connectivity index (χ2v) is 8.56. The van der Waals surface area contributed by atoms with E-state index in [1.54, 1.807) is 43.7 Å². The molecule has 1 unspecified atom stereocenters. The van der Waals surface area contributed by atoms with Crippen LogP contribution < -0.4 is 5.32 Å². The van der Waals surface area contributed by atoms with E-state index in [1.807, 2.05) is 4.90 Å². The number of benzene rings is 1. The molecule has 0 radical (unpaired) electrons. The largest absolute Gasteiger partial charge is 0.444 e. The number of non-ortho nitro benzene ring substituents is 1. The molecule has 0 spiro atoms. The lowest BCUT2D eigenvalue weighted by molar-refractivity contribution is -0.384. The summed E-state index contributed by atoms with van der Waals surface area (Å²) in [5.41, 5.74) is 0.224. The molecule has 9 nitrogen and oxygen atoms in total. The number of nitro benzene ring substituents is 1. The molecule has 0 bridgehead atoms. The van der Waals surface area contributed by atoms with Crippen LogP contribution in [0, 0.1) is 10.1 Å². The standard InChI is InChI=1S/C21H28N4O5/c1-21(2,3)30-20(27)22-13-17-6-4-5-10-24(17)19(26)14-23-11-9-15-12-16(25(28)29)7-8-18(15)23/h7-9,11-12,17H,4-6,10,13-14H2,1-3H3,(H,22,27). The van der Waals surface area contributed by atoms with Gasteiger partial charge in [-0.2, -0.15) is 0 Å². The fourth-order valence-electron chi connectivity index (χ4n) is 3.73. The molecule has 1 N–H and O–H groups in total. The summed E-state index contributed by atoms with van der Waals surface area (Å²) >= 11 is 0. The Morgan fingerprint density at radius 3 is 2.73 bits per heavy atom. The predicted molar refractivity (Wildman–Crippen MR) is 112 cm³/mol. The normalized spacial score (nSPS) is 17.0. The van der Waals surface area contributed by atoms with Gasteiger partial charge >= 0.3 is 6.09 Å². The van der Waals surface area contributed by atoms with E-state index < -0.39 is 16.6 Å². The number of nitro groups is 1. The molecule has 1 aromatic carbocycles. The van der Waals surface area contributed by atoms with Gasteiger partial charge in [0.2, 0.25) is 5.91 Å². The molecule has 3 rings (SSSR count). The van der Waals surface area contributed by atoms with Crippen LogP contribution in [0.15, 0.2) is 30.5 Å². The molecule has 162 valence electrons. The lowest BCUT2D eigenvalue weighted by Gasteiger charge is -2.36. The predicted octanol–water partition coefficient (Wildman–Crippen LogP) is 3.46. The van der Waals surface area contributed by atoms with Crippen LogP contribution in [0.4, 0.5) is 10.5 Å². The van der Waals surface area contributed by atoms with Gasteiger partial charge in [-0.3, -0.25) is 14.9 Å². The first kappa shape index (κ1) is 21.6. The average molecular weight is 416 g/mol. The van der Waals surface area contributed by atoms with E-state index >= 15 is 0 Å². The van der Waals surface area contributed by atoms with Crippen molar-refractivity contribution in [1.29, 1.82) is 0 Å². The van der Waals surface area contributed by atoms with Crippen molar-refractivity contribution in [3.8, 4) is 0 Å². The molecule has 2 aromatic rings. The lowest BCUT2D eigenvalue weighted by Crippen LogP contribution is -2.50. The molecule has 9 heteroatoms. The fourth-order valence-corrected chi connectivity index (χ4v) is 3.73. The van der Waals surface area contributed by atoms with Crippen molar-refractivity contribution in [2.24, 2.45) is 0 Å². The zero-order valence-corrected chi connectivity index (χ0v) is 17.6. The van der Waals surface area contributed by atoms with Gasteiger partial charge < -0.3 is 19.5 Å². The van der Waals surface area contributed by atoms with E-state index in [4.69, 9.17) is 4.74 Å². The van der Waals surface area contributed by atoms with Gasteiger partial charge in [0.05, 0.1) is 4.92 Å². The van der Waals surface area contributed by atoms with Gasteiger partial charge in [0.25, 0.3) is 5.69 Å². The Morgan fingerprint density at radius 2 is 2.03 bits per heavy atom. The number of piperidine rings is 1. The maximum atomic E-state index is 13.0. The quantitative estimate of drug-likeness (QED) is 0.593. The number of nitrogens with zero attached hydrogens (tertiary/aromatic N) is 3. The highest BCUT2D eigenvalue weighted by Crippen LogP contribution is 2.23. The van der Waals surface area contributed by atoms with Crippen molar-refractivity contribution in [3.05, 3.63) is 40.6 Å². The summed E-state index contributed by atoms with van der Waals surface area (Å²) in [6.07, 6.45) is 4.02. The molecule has 1 aliphatic rings. The first-order chi connectivity index (χ1) is 14.1. The first-order valence-corrected chi connectivity index (χ1v) is 10.1. The number of carbonyl (C=O) groups excluding carboxylic acids is 2. The molecule has 1 aliphatic heterocycles. The first-order valence-electron chi connectivity index (χ1n) is 10.1. The van der Waals surface area contributed by atoms with Crippen molar-refractivity contribution < 1.29 is 19.2 Å². The summed E-state index contributed by atoms with van der Waals surface area (Å²) in [6.45, 7) is 6.55. The van der Waals surface area contributed by atoms with Gasteiger partial charge in [-0.05, 0) is 52.2 Å². The van der Waals surface area contributed by atoms with Crippen LogP contribution >= 0.6 is 0 Å². The summed E-state index contributed by atoms with van der Waals surface area (Å²) in [5, 5.41) is 14.5. The average Bonchev–Trinajstić information content (AvgIpc) is 3.07. The number of likely N-dealkylation sites (tertiary alicyclic amines) is 1. The Bertz CT molecular complexity index is 947. The van der Waals surface area contributed by atoms with Crippen LogP contribution in [0.3, 0.4) is 0 Å². The molecule has 0 saturated carbocycles. The fraction of sp³-hybridized carbons (Fsp3) is 0.524. The van der Waals surface area contributed by atoms with Crippen molar-refractivity contribution >= 4 is 28.6 Å². The number of fused-ring (bicyclic) bond motifs is 1. The van der Waals surface area contributed by atoms with Crippen molar-refractivity contribution in [2.45, 2.75) is 58.2 Å². The van der Waals surface area contributed by atoms with E-state index in [-0.39, 0.29) is 24.2 Å². The number of nitrogens with one attached hydrogen (secondary N) is 1. The van der Waals surface area contributed by atoms with Crippen LogP contribution in [0.25, 0.3) is 10.9 Å². The van der Waals surface area contributed by atoms with Gasteiger partial charge in [0, 0.05) is 48.4 Å². The Morgan fingerprint density at radius 1 is 1.27 bits per heavy atom. The van der Waals surface area contributed by atoms with E-state index in [9.17, 15) is 19.7 Å². The van der Waals surface area contributed by atoms with Crippen LogP contribution in [0.2, 0.25) is 0 Å². The minimum absolute atomic E-state index is 0.0240. The molecule has 1 aromatic heterocycles. The number of ether oxygens (including phenoxy) is 1. The lowest BCUT2D eigenvalue weighted by atomic mass is 10.0. The number of amides is 2. The molecule has 0 aliphatic carbocycles. The Labute approximate surface area is 175 Å². The number of alkyl carbamates (subject to hydrolysis) is 1. The minimum atomic E-state index is -0.573. The SMILES string of the molecule is CC(C)(C)OC(=O)NCC1CCCCN1C(=O)Cn1ccc2cc([N+](=O)[O-])ccc21. The third kappa shape index (κ3) is 5.28. The summed E-state index contributed by atoms with van der Waals surface area (Å²) < 4.78 is 7.08. The third-order valence-corrected chi connectivity index (χ3v) is 5.10. The van der Waals surface area contributed by atoms with Crippen LogP contribution in [-0.4, -0.2) is 51.1 Å². The second-order valence-electron chi connectivity index (χ2n) is 8.56. The van der Waals surface area contributed by atoms with Crippen LogP contribution in [-0.2, 0) is 16.1 Å². The number of rotatable bonds is 5. The maximum absolute atomic E-state index is 13.0. The van der Waals surface area contributed by atoms with Gasteiger partial charge in [0.1, 0.15) is 12.1 Å². The summed E-state index contributed by atoms with van der Waals surface area (Å²) in [4.78, 5) is 37.3. The highest BCUT2D eigenvalue weighted by molar-refractivity contribution is 5.85. The zero-order valence-electron chi connectivity index (χ0n) is 17.6. The van der Waals surface area contributed by atoms with E-state index in [2.05, 4.69) is 5.32 Å². The zero-order chi connectivity index (χ0) is 21.9. The van der Waals surface area contributed by atoms with Crippen LogP contribution in [0.1, 0.15) is 40.0 Å². The molecular formula is C21H28N4O5. The molecule has 2 heterocycles. The maximum Gasteiger partial charge on any atom is 0.407 e. The number of aromatic nitrogens is 1. The van der Waals surface area contributed by atoms with Crippen molar-refractivity contribution in [2.75, 3.05) is 13.1 Å². The number of carbonyl (C=O) groups is 2. The Kier molecular flexibility index (Phi) is 6.28. The monoisotopic (exact) mass is 416 g/mol. The molecule has 1 saturated heterocycles. The number of hydrogen-bond acceptors (Lipinski definition) is 5. The highest BCUT2D eigenvalue weighted by Gasteiger charge is 2.28. The molecule has 1 atom stereocenters. The van der Waals surface area contributed by atoms with E-state index in [0.717, 1.165) is 30.2 Å². The summed E-state index contributed by atoms with van der Waals surface area (Å²) in [7, 11) is 0. The minimum Gasteiger partial charge on any atom is -0.444 e. The highest BCUT2D eigenvalue weighted by atomic mass is 16.6. The van der Waals surface area contributed by atoms with E-state index in [1.165, 1.54) is 12.1 Å². The van der Waals surface area contributed by atoms with Gasteiger partial charge in [-0.25, -0.2) is 4.79 Å². The molecule has 2 amide bonds. The van der Waals surface area contributed by atoms with Crippen molar-refractivity contribution in [1.82, 2.24) is 14.8 Å². The van der Waals surface area contributed by atoms with E-state index in [0.29, 0.717) is 13.1 Å². The third-order valence-electron chi connectivity index (χ3n) is 5.10. The second kappa shape index (κ2) is 8.73. The summed E-state index contributed by atoms with van der Waals surface area (Å²) in [5.74, 6) is -0.0402.